The van der Waals surface area contributed by atoms with Gasteiger partial charge in [-0.25, -0.2) is 12.8 Å². The zero-order valence-corrected chi connectivity index (χ0v) is 9.27. The Labute approximate surface area is 90.7 Å². The van der Waals surface area contributed by atoms with Gasteiger partial charge in [0.05, 0.1) is 12.9 Å². The summed E-state index contributed by atoms with van der Waals surface area (Å²) in [6, 6.07) is 2.03. The smallest absolute Gasteiger partial charge is 0.236 e. The first-order valence-electron chi connectivity index (χ1n) is 3.81. The monoisotopic (exact) mass is 254 g/mol. The van der Waals surface area contributed by atoms with Crippen LogP contribution in [0.3, 0.4) is 0 Å². The van der Waals surface area contributed by atoms with Gasteiger partial charge in [0.25, 0.3) is 0 Å². The van der Waals surface area contributed by atoms with Gasteiger partial charge in [0.1, 0.15) is 0 Å². The molecule has 0 unspecified atom stereocenters. The first-order chi connectivity index (χ1) is 6.83. The van der Waals surface area contributed by atoms with Gasteiger partial charge in [-0.2, -0.15) is 0 Å². The second-order valence-corrected chi connectivity index (χ2v) is 5.59. The second kappa shape index (κ2) is 4.24. The molecule has 0 saturated heterocycles. The largest absolute Gasteiger partial charge is 0.504 e. The number of ether oxygens (including phenoxy) is 1. The van der Waals surface area contributed by atoms with Gasteiger partial charge in [-0.15, -0.1) is 0 Å². The molecule has 4 nitrogen and oxygen atoms in total. The fourth-order valence-electron chi connectivity index (χ4n) is 1.12. The Hall–Kier alpha value is -1.01. The number of rotatable bonds is 3. The van der Waals surface area contributed by atoms with Gasteiger partial charge in [0.15, 0.2) is 17.3 Å². The highest BCUT2D eigenvalue weighted by Gasteiger charge is 2.14. The first-order valence-corrected chi connectivity index (χ1v) is 6.29. The number of aromatic hydroxyl groups is 1. The quantitative estimate of drug-likeness (QED) is 0.833. The molecule has 0 amide bonds. The Balaban J connectivity index is 3.15. The fraction of sp³-hybridized carbons (Fsp3) is 0.250. The van der Waals surface area contributed by atoms with E-state index in [1.54, 1.807) is 0 Å². The normalized spacial score (nSPS) is 11.4. The van der Waals surface area contributed by atoms with Crippen LogP contribution in [0.25, 0.3) is 0 Å². The molecule has 0 aliphatic heterocycles. The molecule has 0 aliphatic carbocycles. The van der Waals surface area contributed by atoms with Crippen LogP contribution in [0.1, 0.15) is 5.56 Å². The Morgan fingerprint density at radius 3 is 2.53 bits per heavy atom. The second-order valence-electron chi connectivity index (χ2n) is 2.81. The van der Waals surface area contributed by atoms with E-state index >= 15 is 0 Å². The van der Waals surface area contributed by atoms with Crippen molar-refractivity contribution >= 4 is 19.7 Å². The maximum Gasteiger partial charge on any atom is 0.236 e. The average Bonchev–Trinajstić information content (AvgIpc) is 1.99. The number of halogens is 2. The summed E-state index contributed by atoms with van der Waals surface area (Å²) in [4.78, 5) is 0. The number of hydrogen-bond donors (Lipinski definition) is 1. The molecule has 0 spiro atoms. The van der Waals surface area contributed by atoms with E-state index in [-0.39, 0.29) is 11.3 Å². The van der Waals surface area contributed by atoms with Crippen LogP contribution in [-0.4, -0.2) is 20.6 Å². The van der Waals surface area contributed by atoms with Crippen molar-refractivity contribution < 1.29 is 22.7 Å². The van der Waals surface area contributed by atoms with E-state index in [4.69, 9.17) is 10.7 Å². The summed E-state index contributed by atoms with van der Waals surface area (Å²) in [5, 5.41) is 9.27. The highest BCUT2D eigenvalue weighted by Crippen LogP contribution is 2.31. The molecule has 84 valence electrons. The van der Waals surface area contributed by atoms with Gasteiger partial charge >= 0.3 is 0 Å². The average molecular weight is 255 g/mol. The summed E-state index contributed by atoms with van der Waals surface area (Å²) in [6.45, 7) is 0. The van der Waals surface area contributed by atoms with E-state index in [1.165, 1.54) is 7.11 Å². The minimum Gasteiger partial charge on any atom is -0.504 e. The lowest BCUT2D eigenvalue weighted by Crippen LogP contribution is -1.97. The molecule has 0 bridgehead atoms. The van der Waals surface area contributed by atoms with Crippen LogP contribution in [0.15, 0.2) is 12.1 Å². The molecular weight excluding hydrogens is 247 g/mol. The third-order valence-electron chi connectivity index (χ3n) is 1.63. The van der Waals surface area contributed by atoms with Crippen molar-refractivity contribution in [2.24, 2.45) is 0 Å². The van der Waals surface area contributed by atoms with Crippen LogP contribution in [-0.2, 0) is 14.8 Å². The van der Waals surface area contributed by atoms with Gasteiger partial charge < -0.3 is 9.84 Å². The molecule has 1 N–H and O–H groups in total. The SMILES string of the molecule is COc1c(O)cc(CS(=O)(=O)Cl)cc1F. The third kappa shape index (κ3) is 3.24. The predicted octanol–water partition coefficient (Wildman–Crippen LogP) is 1.61. The number of methoxy groups -OCH3 is 1. The van der Waals surface area contributed by atoms with Crippen LogP contribution in [0.4, 0.5) is 4.39 Å². The predicted molar refractivity (Wildman–Crippen MR) is 53.1 cm³/mol. The van der Waals surface area contributed by atoms with Crippen LogP contribution in [0, 0.1) is 5.82 Å². The molecule has 1 rings (SSSR count). The number of hydrogen-bond acceptors (Lipinski definition) is 4. The summed E-state index contributed by atoms with van der Waals surface area (Å²) in [7, 11) is 2.40. The van der Waals surface area contributed by atoms with E-state index < -0.39 is 26.4 Å². The molecule has 1 aromatic carbocycles. The Kier molecular flexibility index (Phi) is 3.41. The standard InChI is InChI=1S/C8H8ClFO4S/c1-14-8-6(10)2-5(3-7(8)11)4-15(9,12)13/h2-3,11H,4H2,1H3. The molecule has 7 heteroatoms. The van der Waals surface area contributed by atoms with Crippen LogP contribution >= 0.6 is 10.7 Å². The van der Waals surface area contributed by atoms with Crippen molar-refractivity contribution in [1.82, 2.24) is 0 Å². The number of phenols is 1. The Morgan fingerprint density at radius 1 is 1.53 bits per heavy atom. The minimum atomic E-state index is -3.78. The summed E-state index contributed by atoms with van der Waals surface area (Å²) in [5.74, 6) is -2.19. The maximum absolute atomic E-state index is 13.2. The number of phenolic OH excluding ortho intramolecular Hbond substituents is 1. The fourth-order valence-corrected chi connectivity index (χ4v) is 2.06. The summed E-state index contributed by atoms with van der Waals surface area (Å²) in [5.41, 5.74) is 0.0563. The molecule has 0 aromatic heterocycles. The van der Waals surface area contributed by atoms with Crippen molar-refractivity contribution in [3.8, 4) is 11.5 Å². The van der Waals surface area contributed by atoms with E-state index in [2.05, 4.69) is 4.74 Å². The van der Waals surface area contributed by atoms with Crippen molar-refractivity contribution in [3.63, 3.8) is 0 Å². The highest BCUT2D eigenvalue weighted by molar-refractivity contribution is 8.13. The van der Waals surface area contributed by atoms with Crippen LogP contribution in [0.2, 0.25) is 0 Å². The van der Waals surface area contributed by atoms with Crippen molar-refractivity contribution in [2.45, 2.75) is 5.75 Å². The van der Waals surface area contributed by atoms with E-state index in [0.717, 1.165) is 12.1 Å². The molecule has 0 heterocycles. The Bertz CT molecular complexity index is 449. The Morgan fingerprint density at radius 2 is 2.13 bits per heavy atom. The summed E-state index contributed by atoms with van der Waals surface area (Å²) >= 11 is 0. The molecule has 0 radical (unpaired) electrons. The summed E-state index contributed by atoms with van der Waals surface area (Å²) in [6.07, 6.45) is 0. The molecule has 1 aromatic rings. The van der Waals surface area contributed by atoms with Crippen molar-refractivity contribution in [1.29, 1.82) is 0 Å². The molecule has 0 atom stereocenters. The molecule has 0 saturated carbocycles. The first kappa shape index (κ1) is 12.1. The van der Waals surface area contributed by atoms with E-state index in [9.17, 15) is 17.9 Å². The van der Waals surface area contributed by atoms with Crippen LogP contribution < -0.4 is 4.74 Å². The summed E-state index contributed by atoms with van der Waals surface area (Å²) < 4.78 is 39.1. The lowest BCUT2D eigenvalue weighted by atomic mass is 10.2. The molecule has 0 fully saturated rings. The number of benzene rings is 1. The van der Waals surface area contributed by atoms with Crippen molar-refractivity contribution in [2.75, 3.05) is 7.11 Å². The van der Waals surface area contributed by atoms with Crippen molar-refractivity contribution in [3.05, 3.63) is 23.5 Å². The zero-order chi connectivity index (χ0) is 11.6. The molecule has 15 heavy (non-hydrogen) atoms. The lowest BCUT2D eigenvalue weighted by molar-refractivity contribution is 0.351. The van der Waals surface area contributed by atoms with Gasteiger partial charge in [-0.1, -0.05) is 0 Å². The lowest BCUT2D eigenvalue weighted by Gasteiger charge is -2.06. The maximum atomic E-state index is 13.2. The topological polar surface area (TPSA) is 63.6 Å². The minimum absolute atomic E-state index is 0.0563. The molecule has 0 aliphatic rings. The van der Waals surface area contributed by atoms with Crippen LogP contribution in [0.5, 0.6) is 11.5 Å². The molecular formula is C8H8ClFO4S. The van der Waals surface area contributed by atoms with E-state index in [0.29, 0.717) is 0 Å². The zero-order valence-electron chi connectivity index (χ0n) is 7.70. The van der Waals surface area contributed by atoms with E-state index in [1.807, 2.05) is 0 Å². The third-order valence-corrected chi connectivity index (χ3v) is 2.63. The van der Waals surface area contributed by atoms with Gasteiger partial charge in [-0.3, -0.25) is 0 Å². The van der Waals surface area contributed by atoms with Gasteiger partial charge in [0, 0.05) is 10.7 Å². The highest BCUT2D eigenvalue weighted by atomic mass is 35.7. The van der Waals surface area contributed by atoms with Gasteiger partial charge in [0.2, 0.25) is 9.05 Å². The van der Waals surface area contributed by atoms with Gasteiger partial charge in [-0.05, 0) is 17.7 Å².